The average Bonchev–Trinajstić information content (AvgIpc) is 2.08. The van der Waals surface area contributed by atoms with Crippen molar-refractivity contribution >= 4 is 25.8 Å². The molecule has 0 spiro atoms. The fourth-order valence-corrected chi connectivity index (χ4v) is 4.91. The smallest absolute Gasteiger partial charge is 0.318 e. The molecule has 0 saturated heterocycles. The summed E-state index contributed by atoms with van der Waals surface area (Å²) < 4.78 is 46.2. The van der Waals surface area contributed by atoms with Gasteiger partial charge in [-0.1, -0.05) is 6.92 Å². The molecule has 0 fully saturated rings. The molecular formula is C8H17NO6S2. The summed E-state index contributed by atoms with van der Waals surface area (Å²) >= 11 is 0. The highest BCUT2D eigenvalue weighted by Crippen LogP contribution is 2.12. The van der Waals surface area contributed by atoms with Gasteiger partial charge in [0.2, 0.25) is 10.0 Å². The minimum Gasteiger partial charge on any atom is -0.480 e. The zero-order chi connectivity index (χ0) is 13.9. The first-order chi connectivity index (χ1) is 7.49. The number of nitrogens with zero attached hydrogens (tertiary/aromatic N) is 1. The summed E-state index contributed by atoms with van der Waals surface area (Å²) in [6.45, 7) is 2.49. The maximum Gasteiger partial charge on any atom is 0.318 e. The molecule has 0 aromatic heterocycles. The Labute approximate surface area is 101 Å². The topological polar surface area (TPSA) is 109 Å². The lowest BCUT2D eigenvalue weighted by Gasteiger charge is -2.25. The molecule has 1 unspecified atom stereocenters. The Kier molecular flexibility index (Phi) is 5.56. The zero-order valence-corrected chi connectivity index (χ0v) is 11.6. The van der Waals surface area contributed by atoms with Crippen LogP contribution in [0.4, 0.5) is 0 Å². The predicted octanol–water partition coefficient (Wildman–Crippen LogP) is -0.497. The largest absolute Gasteiger partial charge is 0.480 e. The molecule has 1 atom stereocenters. The second-order valence-corrected chi connectivity index (χ2v) is 8.28. The minimum absolute atomic E-state index is 0.399. The van der Waals surface area contributed by atoms with Gasteiger partial charge < -0.3 is 5.11 Å². The maximum absolute atomic E-state index is 11.8. The van der Waals surface area contributed by atoms with Gasteiger partial charge in [0.25, 0.3) is 0 Å². The van der Waals surface area contributed by atoms with Crippen molar-refractivity contribution in [2.75, 3.05) is 17.9 Å². The molecule has 0 bridgehead atoms. The lowest BCUT2D eigenvalue weighted by molar-refractivity contribution is -0.137. The number of sulfonamides is 1. The van der Waals surface area contributed by atoms with Gasteiger partial charge in [0.1, 0.15) is 6.54 Å². The van der Waals surface area contributed by atoms with E-state index < -0.39 is 43.5 Å². The molecule has 0 aromatic carbocycles. The highest BCUT2D eigenvalue weighted by Gasteiger charge is 2.31. The normalized spacial score (nSPS) is 14.8. The summed E-state index contributed by atoms with van der Waals surface area (Å²) in [5.41, 5.74) is 0. The second-order valence-electron chi connectivity index (χ2n) is 3.85. The minimum atomic E-state index is -4.12. The van der Waals surface area contributed by atoms with E-state index in [9.17, 15) is 21.6 Å². The molecular weight excluding hydrogens is 270 g/mol. The van der Waals surface area contributed by atoms with Gasteiger partial charge in [-0.3, -0.25) is 4.79 Å². The molecule has 0 amide bonds. The molecule has 0 aromatic rings. The van der Waals surface area contributed by atoms with E-state index in [2.05, 4.69) is 0 Å². The van der Waals surface area contributed by atoms with Gasteiger partial charge in [-0.2, -0.15) is 4.31 Å². The number of sulfone groups is 1. The van der Waals surface area contributed by atoms with E-state index in [1.54, 1.807) is 6.92 Å². The number of carboxylic acid groups (broad SMARTS) is 1. The monoisotopic (exact) mass is 287 g/mol. The number of aliphatic carboxylic acids is 1. The molecule has 0 heterocycles. The number of rotatable bonds is 7. The molecule has 0 radical (unpaired) electrons. The van der Waals surface area contributed by atoms with E-state index in [-0.39, 0.29) is 0 Å². The van der Waals surface area contributed by atoms with Crippen LogP contribution in [0.5, 0.6) is 0 Å². The van der Waals surface area contributed by atoms with E-state index in [1.807, 2.05) is 0 Å². The SMILES string of the molecule is CCC(C)N(CC(=O)O)S(=O)(=O)CS(C)(=O)=O. The van der Waals surface area contributed by atoms with Crippen molar-refractivity contribution in [3.05, 3.63) is 0 Å². The van der Waals surface area contributed by atoms with Crippen LogP contribution in [0.15, 0.2) is 0 Å². The van der Waals surface area contributed by atoms with Crippen molar-refractivity contribution < 1.29 is 26.7 Å². The number of carboxylic acids is 1. The fourth-order valence-electron chi connectivity index (χ4n) is 1.20. The summed E-state index contributed by atoms with van der Waals surface area (Å²) in [5, 5.41) is 7.56. The molecule has 1 N–H and O–H groups in total. The average molecular weight is 287 g/mol. The molecule has 17 heavy (non-hydrogen) atoms. The summed E-state index contributed by atoms with van der Waals surface area (Å²) in [6.07, 6.45) is 1.19. The van der Waals surface area contributed by atoms with Gasteiger partial charge in [-0.05, 0) is 13.3 Å². The number of hydrogen-bond acceptors (Lipinski definition) is 5. The van der Waals surface area contributed by atoms with E-state index >= 15 is 0 Å². The molecule has 0 aliphatic heterocycles. The van der Waals surface area contributed by atoms with Gasteiger partial charge in [-0.25, -0.2) is 16.8 Å². The fraction of sp³-hybridized carbons (Fsp3) is 0.875. The molecule has 0 aliphatic carbocycles. The summed E-state index contributed by atoms with van der Waals surface area (Å²) in [6, 6.07) is -0.558. The van der Waals surface area contributed by atoms with Gasteiger partial charge in [0, 0.05) is 12.3 Å². The van der Waals surface area contributed by atoms with Crippen molar-refractivity contribution in [1.82, 2.24) is 4.31 Å². The zero-order valence-electron chi connectivity index (χ0n) is 9.95. The van der Waals surface area contributed by atoms with Crippen LogP contribution >= 0.6 is 0 Å². The summed E-state index contributed by atoms with van der Waals surface area (Å²) in [5.74, 6) is -1.32. The number of carbonyl (C=O) groups is 1. The van der Waals surface area contributed by atoms with Crippen molar-refractivity contribution in [2.24, 2.45) is 0 Å². The maximum atomic E-state index is 11.8. The van der Waals surface area contributed by atoms with Crippen LogP contribution in [-0.4, -0.2) is 56.1 Å². The van der Waals surface area contributed by atoms with Crippen LogP contribution in [0.25, 0.3) is 0 Å². The van der Waals surface area contributed by atoms with Gasteiger partial charge in [-0.15, -0.1) is 0 Å². The second kappa shape index (κ2) is 5.78. The number of hydrogen-bond donors (Lipinski definition) is 1. The third-order valence-electron chi connectivity index (χ3n) is 2.09. The summed E-state index contributed by atoms with van der Waals surface area (Å²) in [7, 11) is -7.85. The molecule has 0 aliphatic rings. The quantitative estimate of drug-likeness (QED) is 0.676. The third-order valence-corrected chi connectivity index (χ3v) is 6.20. The van der Waals surface area contributed by atoms with E-state index in [1.165, 1.54) is 6.92 Å². The van der Waals surface area contributed by atoms with E-state index in [4.69, 9.17) is 5.11 Å². The van der Waals surface area contributed by atoms with Crippen molar-refractivity contribution in [3.8, 4) is 0 Å². The Morgan fingerprint density at radius 1 is 1.29 bits per heavy atom. The first-order valence-electron chi connectivity index (χ1n) is 4.88. The lowest BCUT2D eigenvalue weighted by Crippen LogP contribution is -2.44. The third kappa shape index (κ3) is 5.99. The lowest BCUT2D eigenvalue weighted by atomic mass is 10.2. The first-order valence-corrected chi connectivity index (χ1v) is 8.55. The Hall–Kier alpha value is -0.670. The van der Waals surface area contributed by atoms with E-state index in [0.717, 1.165) is 6.26 Å². The van der Waals surface area contributed by atoms with Gasteiger partial charge in [0.05, 0.1) is 0 Å². The van der Waals surface area contributed by atoms with Crippen molar-refractivity contribution in [1.29, 1.82) is 0 Å². The van der Waals surface area contributed by atoms with Crippen LogP contribution < -0.4 is 0 Å². The molecule has 9 heteroatoms. The van der Waals surface area contributed by atoms with E-state index in [0.29, 0.717) is 10.7 Å². The predicted molar refractivity (Wildman–Crippen MR) is 62.7 cm³/mol. The van der Waals surface area contributed by atoms with Crippen LogP contribution in [0, 0.1) is 0 Å². The highest BCUT2D eigenvalue weighted by molar-refractivity contribution is 8.06. The van der Waals surface area contributed by atoms with Crippen LogP contribution in [0.2, 0.25) is 0 Å². The van der Waals surface area contributed by atoms with Crippen molar-refractivity contribution in [3.63, 3.8) is 0 Å². The van der Waals surface area contributed by atoms with Crippen LogP contribution in [-0.2, 0) is 24.7 Å². The standard InChI is InChI=1S/C8H17NO6S2/c1-4-7(2)9(5-8(10)11)17(14,15)6-16(3,12)13/h7H,4-6H2,1-3H3,(H,10,11). The Balaban J connectivity index is 5.23. The first kappa shape index (κ1) is 16.3. The van der Waals surface area contributed by atoms with Crippen LogP contribution in [0.1, 0.15) is 20.3 Å². The molecule has 7 nitrogen and oxygen atoms in total. The summed E-state index contributed by atoms with van der Waals surface area (Å²) in [4.78, 5) is 10.6. The molecule has 0 saturated carbocycles. The molecule has 102 valence electrons. The molecule has 0 rings (SSSR count). The Morgan fingerprint density at radius 2 is 1.76 bits per heavy atom. The Morgan fingerprint density at radius 3 is 2.06 bits per heavy atom. The highest BCUT2D eigenvalue weighted by atomic mass is 32.3. The van der Waals surface area contributed by atoms with Crippen LogP contribution in [0.3, 0.4) is 0 Å². The van der Waals surface area contributed by atoms with Gasteiger partial charge >= 0.3 is 5.97 Å². The van der Waals surface area contributed by atoms with Gasteiger partial charge in [0.15, 0.2) is 14.9 Å². The Bertz CT molecular complexity index is 466. The van der Waals surface area contributed by atoms with Crippen molar-refractivity contribution in [2.45, 2.75) is 26.3 Å².